The molecule has 3 heteroatoms. The lowest BCUT2D eigenvalue weighted by atomic mass is 10.0. The molecule has 0 saturated heterocycles. The molecule has 70 valence electrons. The Morgan fingerprint density at radius 3 is 2.38 bits per heavy atom. The van der Waals surface area contributed by atoms with Crippen molar-refractivity contribution in [3.05, 3.63) is 22.5 Å². The minimum Gasteiger partial charge on any atom is -0.226 e. The number of thioether (sulfide) groups is 1. The highest BCUT2D eigenvalue weighted by molar-refractivity contribution is 8.00. The van der Waals surface area contributed by atoms with E-state index < -0.39 is 0 Å². The first kappa shape index (κ1) is 10.6. The van der Waals surface area contributed by atoms with Crippen LogP contribution in [0, 0.1) is 13.5 Å². The Morgan fingerprint density at radius 1 is 1.46 bits per heavy atom. The van der Waals surface area contributed by atoms with Crippen molar-refractivity contribution in [2.75, 3.05) is 6.26 Å². The van der Waals surface area contributed by atoms with Crippen LogP contribution in [0.1, 0.15) is 30.9 Å². The molecule has 0 bridgehead atoms. The van der Waals surface area contributed by atoms with Crippen LogP contribution in [0.5, 0.6) is 0 Å². The van der Waals surface area contributed by atoms with Crippen LogP contribution in [-0.2, 0) is 0 Å². The fourth-order valence-corrected chi connectivity index (χ4v) is 3.58. The van der Waals surface area contributed by atoms with E-state index in [-0.39, 0.29) is 0 Å². The van der Waals surface area contributed by atoms with Crippen LogP contribution in [0.4, 0.5) is 5.00 Å². The van der Waals surface area contributed by atoms with Gasteiger partial charge in [-0.1, -0.05) is 13.8 Å². The number of nitrogens with zero attached hydrogens (tertiary/aromatic N) is 1. The molecular formula is C10H13NS2. The molecule has 1 aromatic heterocycles. The minimum atomic E-state index is 0.522. The Kier molecular flexibility index (Phi) is 3.40. The maximum atomic E-state index is 7.04. The largest absolute Gasteiger partial charge is 0.245 e. The SMILES string of the molecule is [C-]#[N+]c1sc(SC)c(C(C)C)c1C. The molecule has 1 aromatic rings. The number of hydrogen-bond donors (Lipinski definition) is 0. The number of hydrogen-bond acceptors (Lipinski definition) is 2. The van der Waals surface area contributed by atoms with Gasteiger partial charge in [0.15, 0.2) is 0 Å². The van der Waals surface area contributed by atoms with Gasteiger partial charge < -0.3 is 0 Å². The average Bonchev–Trinajstić information content (AvgIpc) is 2.41. The lowest BCUT2D eigenvalue weighted by molar-refractivity contribution is 0.845. The van der Waals surface area contributed by atoms with Crippen molar-refractivity contribution in [2.24, 2.45) is 0 Å². The summed E-state index contributed by atoms with van der Waals surface area (Å²) in [6.45, 7) is 13.5. The standard InChI is InChI=1S/C10H13NS2/c1-6(2)8-7(3)9(11-4)13-10(8)12-5/h6H,1-3,5H3. The molecule has 1 nitrogen and oxygen atoms in total. The van der Waals surface area contributed by atoms with Gasteiger partial charge in [0.05, 0.1) is 10.8 Å². The van der Waals surface area contributed by atoms with Crippen molar-refractivity contribution in [2.45, 2.75) is 30.9 Å². The molecule has 0 N–H and O–H groups in total. The molecule has 0 aliphatic heterocycles. The Balaban J connectivity index is 3.31. The van der Waals surface area contributed by atoms with Crippen LogP contribution in [-0.4, -0.2) is 6.26 Å². The fourth-order valence-electron chi connectivity index (χ4n) is 1.41. The lowest BCUT2D eigenvalue weighted by Crippen LogP contribution is -1.88. The van der Waals surface area contributed by atoms with Crippen molar-refractivity contribution in [1.82, 2.24) is 0 Å². The van der Waals surface area contributed by atoms with Crippen molar-refractivity contribution >= 4 is 28.1 Å². The summed E-state index contributed by atoms with van der Waals surface area (Å²) in [4.78, 5) is 3.54. The highest BCUT2D eigenvalue weighted by atomic mass is 32.2. The summed E-state index contributed by atoms with van der Waals surface area (Å²) in [5, 5.41) is 0.855. The van der Waals surface area contributed by atoms with Crippen LogP contribution in [0.25, 0.3) is 4.85 Å². The summed E-state index contributed by atoms with van der Waals surface area (Å²) < 4.78 is 1.30. The first-order valence-electron chi connectivity index (χ1n) is 4.16. The summed E-state index contributed by atoms with van der Waals surface area (Å²) in [6.07, 6.45) is 2.07. The smallest absolute Gasteiger partial charge is 0.226 e. The third-order valence-electron chi connectivity index (χ3n) is 2.00. The quantitative estimate of drug-likeness (QED) is 0.516. The van der Waals surface area contributed by atoms with Gasteiger partial charge in [-0.25, -0.2) is 4.85 Å². The molecule has 0 atom stereocenters. The van der Waals surface area contributed by atoms with Gasteiger partial charge in [0.1, 0.15) is 0 Å². The molecule has 1 heterocycles. The highest BCUT2D eigenvalue weighted by Crippen LogP contribution is 2.43. The lowest BCUT2D eigenvalue weighted by Gasteiger charge is -2.06. The molecule has 0 fully saturated rings. The predicted molar refractivity (Wildman–Crippen MR) is 61.2 cm³/mol. The fraction of sp³-hybridized carbons (Fsp3) is 0.500. The van der Waals surface area contributed by atoms with Gasteiger partial charge in [0.25, 0.3) is 0 Å². The minimum absolute atomic E-state index is 0.522. The maximum absolute atomic E-state index is 7.04. The second kappa shape index (κ2) is 4.17. The Bertz CT molecular complexity index is 345. The zero-order valence-electron chi connectivity index (χ0n) is 8.34. The van der Waals surface area contributed by atoms with Gasteiger partial charge in [-0.3, -0.25) is 0 Å². The molecular weight excluding hydrogens is 198 g/mol. The van der Waals surface area contributed by atoms with E-state index >= 15 is 0 Å². The van der Waals surface area contributed by atoms with E-state index in [1.807, 2.05) is 0 Å². The van der Waals surface area contributed by atoms with E-state index in [1.54, 1.807) is 23.1 Å². The molecule has 0 spiro atoms. The van der Waals surface area contributed by atoms with Crippen LogP contribution in [0.15, 0.2) is 4.21 Å². The van der Waals surface area contributed by atoms with Gasteiger partial charge in [-0.2, -0.15) is 0 Å². The topological polar surface area (TPSA) is 4.36 Å². The maximum Gasteiger partial charge on any atom is 0.245 e. The second-order valence-corrected chi connectivity index (χ2v) is 5.28. The first-order valence-corrected chi connectivity index (χ1v) is 6.20. The van der Waals surface area contributed by atoms with Gasteiger partial charge >= 0.3 is 0 Å². The monoisotopic (exact) mass is 211 g/mol. The van der Waals surface area contributed by atoms with E-state index in [0.29, 0.717) is 5.92 Å². The van der Waals surface area contributed by atoms with Gasteiger partial charge in [0, 0.05) is 0 Å². The molecule has 0 aromatic carbocycles. The van der Waals surface area contributed by atoms with Crippen LogP contribution in [0.3, 0.4) is 0 Å². The predicted octanol–water partition coefficient (Wildman–Crippen LogP) is 4.45. The van der Waals surface area contributed by atoms with E-state index in [9.17, 15) is 0 Å². The van der Waals surface area contributed by atoms with E-state index in [2.05, 4.69) is 31.9 Å². The van der Waals surface area contributed by atoms with Crippen LogP contribution < -0.4 is 0 Å². The van der Waals surface area contributed by atoms with E-state index in [4.69, 9.17) is 6.57 Å². The summed E-state index contributed by atoms with van der Waals surface area (Å²) in [7, 11) is 0. The average molecular weight is 211 g/mol. The molecule has 0 unspecified atom stereocenters. The van der Waals surface area contributed by atoms with Gasteiger partial charge in [-0.15, -0.1) is 23.1 Å². The second-order valence-electron chi connectivity index (χ2n) is 3.20. The Morgan fingerprint density at radius 2 is 2.08 bits per heavy atom. The molecule has 13 heavy (non-hydrogen) atoms. The molecule has 1 rings (SSSR count). The van der Waals surface area contributed by atoms with Gasteiger partial charge in [0.2, 0.25) is 5.00 Å². The number of rotatable bonds is 2. The summed E-state index contributed by atoms with van der Waals surface area (Å²) in [5.74, 6) is 0.522. The summed E-state index contributed by atoms with van der Waals surface area (Å²) >= 11 is 3.37. The van der Waals surface area contributed by atoms with Crippen molar-refractivity contribution in [1.29, 1.82) is 0 Å². The van der Waals surface area contributed by atoms with E-state index in [1.165, 1.54) is 15.3 Å². The van der Waals surface area contributed by atoms with Crippen molar-refractivity contribution < 1.29 is 0 Å². The van der Waals surface area contributed by atoms with Crippen LogP contribution >= 0.6 is 23.1 Å². The highest BCUT2D eigenvalue weighted by Gasteiger charge is 2.16. The zero-order valence-corrected chi connectivity index (χ0v) is 9.97. The first-order chi connectivity index (χ1) is 6.11. The van der Waals surface area contributed by atoms with Crippen molar-refractivity contribution in [3.63, 3.8) is 0 Å². The van der Waals surface area contributed by atoms with E-state index in [0.717, 1.165) is 5.00 Å². The summed E-state index contributed by atoms with van der Waals surface area (Å²) in [5.41, 5.74) is 2.54. The third-order valence-corrected chi connectivity index (χ3v) is 4.34. The third kappa shape index (κ3) is 1.90. The zero-order chi connectivity index (χ0) is 10.0. The Hall–Kier alpha value is -0.460. The van der Waals surface area contributed by atoms with Gasteiger partial charge in [-0.05, 0) is 30.2 Å². The number of thiophene rings is 1. The molecule has 0 radical (unpaired) electrons. The molecule has 0 aliphatic rings. The summed E-state index contributed by atoms with van der Waals surface area (Å²) in [6, 6.07) is 0. The normalized spacial score (nSPS) is 10.5. The molecule has 0 aliphatic carbocycles. The van der Waals surface area contributed by atoms with Crippen LogP contribution in [0.2, 0.25) is 0 Å². The Labute approximate surface area is 88.0 Å². The molecule has 0 amide bonds. The molecule has 0 saturated carbocycles. The van der Waals surface area contributed by atoms with Crippen molar-refractivity contribution in [3.8, 4) is 0 Å².